The third-order valence-corrected chi connectivity index (χ3v) is 4.62. The second kappa shape index (κ2) is 8.44. The zero-order chi connectivity index (χ0) is 21.8. The summed E-state index contributed by atoms with van der Waals surface area (Å²) < 4.78 is 5.66. The number of aromatic carboxylic acids is 2. The molecule has 0 radical (unpaired) electrons. The molecule has 4 aromatic carbocycles. The van der Waals surface area contributed by atoms with Crippen molar-refractivity contribution in [3.63, 3.8) is 0 Å². The number of fused-ring (bicyclic) bond motifs is 1. The smallest absolute Gasteiger partial charge is 0.335 e. The van der Waals surface area contributed by atoms with Crippen LogP contribution in [0.4, 0.5) is 0 Å². The third kappa shape index (κ3) is 4.55. The molecular weight excluding hydrogens is 392 g/mol. The average Bonchev–Trinajstić information content (AvgIpc) is 2.78. The van der Waals surface area contributed by atoms with Crippen molar-refractivity contribution in [2.45, 2.75) is 0 Å². The van der Waals surface area contributed by atoms with Gasteiger partial charge in [0.1, 0.15) is 11.5 Å². The van der Waals surface area contributed by atoms with Crippen LogP contribution < -0.4 is 4.74 Å². The van der Waals surface area contributed by atoms with E-state index in [-0.39, 0.29) is 16.9 Å². The molecule has 0 saturated carbocycles. The van der Waals surface area contributed by atoms with E-state index >= 15 is 0 Å². The summed E-state index contributed by atoms with van der Waals surface area (Å²) in [5.74, 6) is 4.43. The van der Waals surface area contributed by atoms with Crippen molar-refractivity contribution in [2.75, 3.05) is 0 Å². The maximum absolute atomic E-state index is 11.2. The van der Waals surface area contributed by atoms with Crippen molar-refractivity contribution in [3.8, 4) is 23.3 Å². The number of hydrogen-bond acceptors (Lipinski definition) is 3. The molecule has 5 nitrogen and oxygen atoms in total. The fraction of sp³-hybridized carbons (Fsp3) is 0. The van der Waals surface area contributed by atoms with Crippen LogP contribution >= 0.6 is 0 Å². The van der Waals surface area contributed by atoms with Crippen LogP contribution in [0.2, 0.25) is 0 Å². The first-order valence-electron chi connectivity index (χ1n) is 9.39. The summed E-state index contributed by atoms with van der Waals surface area (Å²) in [7, 11) is 0. The van der Waals surface area contributed by atoms with Gasteiger partial charge in [-0.2, -0.15) is 0 Å². The van der Waals surface area contributed by atoms with E-state index in [0.717, 1.165) is 28.0 Å². The van der Waals surface area contributed by atoms with Crippen LogP contribution in [0.3, 0.4) is 0 Å². The number of carbonyl (C=O) groups is 2. The zero-order valence-electron chi connectivity index (χ0n) is 16.2. The molecule has 0 bridgehead atoms. The molecule has 31 heavy (non-hydrogen) atoms. The Balaban J connectivity index is 1.57. The average molecular weight is 408 g/mol. The molecule has 0 heterocycles. The van der Waals surface area contributed by atoms with Gasteiger partial charge in [-0.3, -0.25) is 0 Å². The topological polar surface area (TPSA) is 83.8 Å². The van der Waals surface area contributed by atoms with Crippen molar-refractivity contribution >= 4 is 22.7 Å². The Hall–Kier alpha value is -4.56. The van der Waals surface area contributed by atoms with Crippen molar-refractivity contribution in [3.05, 3.63) is 107 Å². The summed E-state index contributed by atoms with van der Waals surface area (Å²) in [6.45, 7) is 0. The van der Waals surface area contributed by atoms with Crippen LogP contribution in [0.1, 0.15) is 31.8 Å². The first-order chi connectivity index (χ1) is 15.0. The number of benzene rings is 4. The molecule has 0 fully saturated rings. The van der Waals surface area contributed by atoms with Gasteiger partial charge in [0.25, 0.3) is 0 Å². The van der Waals surface area contributed by atoms with Gasteiger partial charge in [0.15, 0.2) is 0 Å². The summed E-state index contributed by atoms with van der Waals surface area (Å²) in [6.07, 6.45) is 0. The second-order valence-electron chi connectivity index (χ2n) is 6.76. The monoisotopic (exact) mass is 408 g/mol. The molecule has 0 aliphatic carbocycles. The minimum Gasteiger partial charge on any atom is -0.478 e. The van der Waals surface area contributed by atoms with Crippen LogP contribution in [0.25, 0.3) is 10.8 Å². The molecule has 0 amide bonds. The quantitative estimate of drug-likeness (QED) is 0.440. The first-order valence-corrected chi connectivity index (χ1v) is 9.39. The number of hydrogen-bond donors (Lipinski definition) is 2. The predicted octanol–water partition coefficient (Wildman–Crippen LogP) is 5.43. The molecule has 5 heteroatoms. The van der Waals surface area contributed by atoms with Gasteiger partial charge in [-0.25, -0.2) is 9.59 Å². The van der Waals surface area contributed by atoms with Crippen LogP contribution in [0.15, 0.2) is 84.9 Å². The van der Waals surface area contributed by atoms with Gasteiger partial charge in [-0.15, -0.1) is 0 Å². The van der Waals surface area contributed by atoms with Crippen molar-refractivity contribution in [2.24, 2.45) is 0 Å². The van der Waals surface area contributed by atoms with E-state index in [1.54, 1.807) is 24.3 Å². The molecule has 0 aromatic heterocycles. The van der Waals surface area contributed by atoms with E-state index in [9.17, 15) is 19.8 Å². The van der Waals surface area contributed by atoms with Crippen molar-refractivity contribution in [1.29, 1.82) is 0 Å². The Morgan fingerprint density at radius 1 is 0.677 bits per heavy atom. The summed E-state index contributed by atoms with van der Waals surface area (Å²) in [6, 6.07) is 24.6. The largest absolute Gasteiger partial charge is 0.478 e. The normalized spacial score (nSPS) is 10.2. The molecular formula is C26H16O5. The summed E-state index contributed by atoms with van der Waals surface area (Å²) in [5, 5.41) is 20.6. The molecule has 0 aliphatic heterocycles. The van der Waals surface area contributed by atoms with E-state index in [0.29, 0.717) is 5.75 Å². The van der Waals surface area contributed by atoms with Gasteiger partial charge < -0.3 is 14.9 Å². The minimum atomic E-state index is -1.23. The van der Waals surface area contributed by atoms with E-state index in [1.165, 1.54) is 12.1 Å². The van der Waals surface area contributed by atoms with E-state index in [1.807, 2.05) is 42.5 Å². The van der Waals surface area contributed by atoms with Gasteiger partial charge in [0, 0.05) is 11.1 Å². The summed E-state index contributed by atoms with van der Waals surface area (Å²) >= 11 is 0. The Labute approximate surface area is 178 Å². The van der Waals surface area contributed by atoms with Gasteiger partial charge >= 0.3 is 11.9 Å². The fourth-order valence-electron chi connectivity index (χ4n) is 3.12. The lowest BCUT2D eigenvalue weighted by molar-refractivity contribution is 0.0696. The van der Waals surface area contributed by atoms with Crippen molar-refractivity contribution < 1.29 is 24.5 Å². The van der Waals surface area contributed by atoms with Crippen LogP contribution in [0.5, 0.6) is 11.5 Å². The lowest BCUT2D eigenvalue weighted by Gasteiger charge is -2.08. The number of carboxylic acids is 2. The molecule has 2 N–H and O–H groups in total. The molecule has 0 atom stereocenters. The third-order valence-electron chi connectivity index (χ3n) is 4.62. The second-order valence-corrected chi connectivity index (χ2v) is 6.76. The molecule has 0 spiro atoms. The highest BCUT2D eigenvalue weighted by Crippen LogP contribution is 2.25. The van der Waals surface area contributed by atoms with E-state index < -0.39 is 11.9 Å². The van der Waals surface area contributed by atoms with Crippen LogP contribution in [-0.4, -0.2) is 22.2 Å². The predicted molar refractivity (Wildman–Crippen MR) is 117 cm³/mol. The SMILES string of the molecule is O=C(O)c1cc(Oc2ccc(C#Cc3cccc4ccccc34)cc2)cc(C(=O)O)c1. The maximum atomic E-state index is 11.2. The maximum Gasteiger partial charge on any atom is 0.335 e. The Morgan fingerprint density at radius 3 is 2.00 bits per heavy atom. The highest BCUT2D eigenvalue weighted by molar-refractivity contribution is 5.94. The number of carboxylic acid groups (broad SMARTS) is 2. The summed E-state index contributed by atoms with van der Waals surface area (Å²) in [4.78, 5) is 22.5. The van der Waals surface area contributed by atoms with Gasteiger partial charge in [0.2, 0.25) is 0 Å². The lowest BCUT2D eigenvalue weighted by atomic mass is 10.0. The number of rotatable bonds is 4. The fourth-order valence-corrected chi connectivity index (χ4v) is 3.12. The molecule has 0 unspecified atom stereocenters. The number of ether oxygens (including phenoxy) is 1. The van der Waals surface area contributed by atoms with Gasteiger partial charge in [0.05, 0.1) is 11.1 Å². The summed E-state index contributed by atoms with van der Waals surface area (Å²) in [5.41, 5.74) is 1.40. The van der Waals surface area contributed by atoms with Crippen molar-refractivity contribution in [1.82, 2.24) is 0 Å². The molecule has 150 valence electrons. The highest BCUT2D eigenvalue weighted by Gasteiger charge is 2.12. The van der Waals surface area contributed by atoms with Crippen LogP contribution in [-0.2, 0) is 0 Å². The zero-order valence-corrected chi connectivity index (χ0v) is 16.2. The Kier molecular flexibility index (Phi) is 5.37. The molecule has 4 rings (SSSR count). The van der Waals surface area contributed by atoms with E-state index in [4.69, 9.17) is 4.74 Å². The molecule has 0 saturated heterocycles. The van der Waals surface area contributed by atoms with Gasteiger partial charge in [-0.05, 0) is 59.3 Å². The van der Waals surface area contributed by atoms with E-state index in [2.05, 4.69) is 11.8 Å². The first kappa shape index (κ1) is 19.7. The van der Waals surface area contributed by atoms with Crippen LogP contribution in [0, 0.1) is 11.8 Å². The highest BCUT2D eigenvalue weighted by atomic mass is 16.5. The minimum absolute atomic E-state index is 0.131. The lowest BCUT2D eigenvalue weighted by Crippen LogP contribution is -2.03. The Morgan fingerprint density at radius 2 is 1.32 bits per heavy atom. The Bertz CT molecular complexity index is 1320. The molecule has 0 aliphatic rings. The van der Waals surface area contributed by atoms with Gasteiger partial charge in [-0.1, -0.05) is 48.2 Å². The standard InChI is InChI=1S/C26H16O5/c27-25(28)20-14-21(26(29)30)16-23(15-20)31-22-12-9-17(10-13-22)8-11-19-6-3-5-18-4-1-2-7-24(18)19/h1-7,9-10,12-16H,(H,27,28)(H,29,30). The molecule has 4 aromatic rings.